The van der Waals surface area contributed by atoms with Crippen LogP contribution in [0, 0.1) is 5.92 Å². The van der Waals surface area contributed by atoms with E-state index in [-0.39, 0.29) is 12.1 Å². The van der Waals surface area contributed by atoms with Crippen LogP contribution in [0.25, 0.3) is 0 Å². The van der Waals surface area contributed by atoms with Gasteiger partial charge in [-0.25, -0.2) is 0 Å². The monoisotopic (exact) mass is 222 g/mol. The van der Waals surface area contributed by atoms with Gasteiger partial charge in [-0.2, -0.15) is 0 Å². The van der Waals surface area contributed by atoms with Crippen molar-refractivity contribution in [2.24, 2.45) is 11.7 Å². The number of pyridine rings is 1. The Morgan fingerprint density at radius 2 is 2.12 bits per heavy atom. The van der Waals surface area contributed by atoms with Gasteiger partial charge in [-0.05, 0) is 24.5 Å². The van der Waals surface area contributed by atoms with Crippen molar-refractivity contribution in [3.05, 3.63) is 30.1 Å². The van der Waals surface area contributed by atoms with E-state index < -0.39 is 0 Å². The summed E-state index contributed by atoms with van der Waals surface area (Å²) in [5.41, 5.74) is 7.00. The number of hydrogen-bond acceptors (Lipinski definition) is 3. The first kappa shape index (κ1) is 13.1. The van der Waals surface area contributed by atoms with Crippen LogP contribution in [0.1, 0.15) is 39.0 Å². The maximum Gasteiger partial charge on any atom is 0.114 e. The molecular weight excluding hydrogens is 200 g/mol. The van der Waals surface area contributed by atoms with Crippen LogP contribution in [0.3, 0.4) is 0 Å². The minimum absolute atomic E-state index is 0.00801. The highest BCUT2D eigenvalue weighted by Crippen LogP contribution is 2.20. The first-order valence-corrected chi connectivity index (χ1v) is 5.93. The molecule has 0 radical (unpaired) electrons. The van der Waals surface area contributed by atoms with Crippen LogP contribution in [0.5, 0.6) is 0 Å². The molecule has 16 heavy (non-hydrogen) atoms. The van der Waals surface area contributed by atoms with Crippen molar-refractivity contribution in [1.82, 2.24) is 4.98 Å². The highest BCUT2D eigenvalue weighted by molar-refractivity contribution is 5.09. The molecule has 0 aliphatic rings. The number of ether oxygens (including phenoxy) is 1. The highest BCUT2D eigenvalue weighted by atomic mass is 16.5. The second-order valence-corrected chi connectivity index (χ2v) is 4.47. The van der Waals surface area contributed by atoms with Crippen LogP contribution in [0.4, 0.5) is 0 Å². The zero-order chi connectivity index (χ0) is 12.0. The van der Waals surface area contributed by atoms with E-state index in [4.69, 9.17) is 10.5 Å². The quantitative estimate of drug-likeness (QED) is 0.804. The summed E-state index contributed by atoms with van der Waals surface area (Å²) in [4.78, 5) is 4.32. The zero-order valence-electron chi connectivity index (χ0n) is 10.4. The first-order valence-electron chi connectivity index (χ1n) is 5.93. The molecule has 0 aliphatic heterocycles. The normalized spacial score (nSPS) is 15.1. The zero-order valence-corrected chi connectivity index (χ0v) is 10.4. The fourth-order valence-electron chi connectivity index (χ4n) is 1.48. The molecule has 0 aliphatic carbocycles. The predicted molar refractivity (Wildman–Crippen MR) is 66.0 cm³/mol. The number of aromatic nitrogens is 1. The maximum absolute atomic E-state index is 6.07. The van der Waals surface area contributed by atoms with Crippen LogP contribution >= 0.6 is 0 Å². The molecule has 3 nitrogen and oxygen atoms in total. The summed E-state index contributed by atoms with van der Waals surface area (Å²) in [6.07, 6.45) is 2.58. The number of rotatable bonds is 6. The Hall–Kier alpha value is -0.930. The third kappa shape index (κ3) is 3.91. The lowest BCUT2D eigenvalue weighted by Gasteiger charge is -2.23. The van der Waals surface area contributed by atoms with Gasteiger partial charge >= 0.3 is 0 Å². The maximum atomic E-state index is 6.07. The van der Waals surface area contributed by atoms with Gasteiger partial charge in [0.2, 0.25) is 0 Å². The number of nitrogens with zero attached hydrogens (tertiary/aromatic N) is 1. The van der Waals surface area contributed by atoms with Crippen molar-refractivity contribution in [1.29, 1.82) is 0 Å². The van der Waals surface area contributed by atoms with Crippen LogP contribution in [0.2, 0.25) is 0 Å². The molecule has 0 saturated heterocycles. The van der Waals surface area contributed by atoms with E-state index in [1.165, 1.54) is 0 Å². The lowest BCUT2D eigenvalue weighted by atomic mass is 10.1. The molecule has 90 valence electrons. The molecule has 2 unspecified atom stereocenters. The molecule has 0 amide bonds. The molecule has 3 heteroatoms. The summed E-state index contributed by atoms with van der Waals surface area (Å²) in [7, 11) is 0. The fourth-order valence-corrected chi connectivity index (χ4v) is 1.48. The largest absolute Gasteiger partial charge is 0.370 e. The molecule has 0 fully saturated rings. The lowest BCUT2D eigenvalue weighted by Crippen LogP contribution is -2.31. The number of hydrogen-bond donors (Lipinski definition) is 1. The Balaban J connectivity index is 2.71. The lowest BCUT2D eigenvalue weighted by molar-refractivity contribution is 0.0151. The van der Waals surface area contributed by atoms with Gasteiger partial charge < -0.3 is 10.5 Å². The summed E-state index contributed by atoms with van der Waals surface area (Å²) < 4.78 is 5.85. The van der Waals surface area contributed by atoms with Gasteiger partial charge in [-0.3, -0.25) is 4.98 Å². The fraction of sp³-hybridized carbons (Fsp3) is 0.615. The third-order valence-electron chi connectivity index (χ3n) is 2.45. The van der Waals surface area contributed by atoms with Gasteiger partial charge in [0, 0.05) is 18.8 Å². The Morgan fingerprint density at radius 3 is 2.62 bits per heavy atom. The number of nitrogens with two attached hydrogens (primary N) is 1. The van der Waals surface area contributed by atoms with Gasteiger partial charge in [0.25, 0.3) is 0 Å². The van der Waals surface area contributed by atoms with Gasteiger partial charge in [0.15, 0.2) is 0 Å². The van der Waals surface area contributed by atoms with Crippen LogP contribution < -0.4 is 5.73 Å². The summed E-state index contributed by atoms with van der Waals surface area (Å²) in [6, 6.07) is 5.85. The van der Waals surface area contributed by atoms with E-state index >= 15 is 0 Å². The molecule has 0 bridgehead atoms. The average molecular weight is 222 g/mol. The molecule has 2 N–H and O–H groups in total. The molecule has 1 heterocycles. The van der Waals surface area contributed by atoms with E-state index in [0.717, 1.165) is 18.7 Å². The molecule has 1 aromatic heterocycles. The average Bonchev–Trinajstić information content (AvgIpc) is 2.30. The third-order valence-corrected chi connectivity index (χ3v) is 2.45. The molecule has 0 aromatic carbocycles. The second-order valence-electron chi connectivity index (χ2n) is 4.47. The molecule has 1 rings (SSSR count). The van der Waals surface area contributed by atoms with E-state index in [9.17, 15) is 0 Å². The Kier molecular flexibility index (Phi) is 5.43. The Morgan fingerprint density at radius 1 is 1.38 bits per heavy atom. The van der Waals surface area contributed by atoms with Crippen molar-refractivity contribution in [3.8, 4) is 0 Å². The van der Waals surface area contributed by atoms with Crippen molar-refractivity contribution in [3.63, 3.8) is 0 Å². The van der Waals surface area contributed by atoms with Gasteiger partial charge in [-0.1, -0.05) is 26.8 Å². The van der Waals surface area contributed by atoms with E-state index in [1.54, 1.807) is 6.20 Å². The van der Waals surface area contributed by atoms with E-state index in [1.807, 2.05) is 18.2 Å². The van der Waals surface area contributed by atoms with Crippen molar-refractivity contribution >= 4 is 0 Å². The van der Waals surface area contributed by atoms with Crippen molar-refractivity contribution in [2.45, 2.75) is 39.3 Å². The molecular formula is C13H22N2O. The minimum atomic E-state index is -0.0893. The summed E-state index contributed by atoms with van der Waals surface area (Å²) in [5, 5.41) is 0. The standard InChI is InChI=1S/C13H22N2O/c1-4-11(14)13(16-9-10(2)3)12-7-5-6-8-15-12/h5-8,10-11,13H,4,9,14H2,1-3H3. The summed E-state index contributed by atoms with van der Waals surface area (Å²) in [5.74, 6) is 0.510. The van der Waals surface area contributed by atoms with Crippen LogP contribution in [-0.2, 0) is 4.74 Å². The molecule has 0 saturated carbocycles. The predicted octanol–water partition coefficient (Wildman–Crippen LogP) is 2.53. The second kappa shape index (κ2) is 6.61. The highest BCUT2D eigenvalue weighted by Gasteiger charge is 2.20. The molecule has 1 aromatic rings. The van der Waals surface area contributed by atoms with E-state index in [0.29, 0.717) is 5.92 Å². The van der Waals surface area contributed by atoms with Gasteiger partial charge in [0.1, 0.15) is 6.10 Å². The minimum Gasteiger partial charge on any atom is -0.370 e. The topological polar surface area (TPSA) is 48.1 Å². The first-order chi connectivity index (χ1) is 7.65. The Labute approximate surface area is 98.0 Å². The SMILES string of the molecule is CCC(N)C(OCC(C)C)c1ccccn1. The molecule has 2 atom stereocenters. The van der Waals surface area contributed by atoms with Crippen LogP contribution in [-0.4, -0.2) is 17.6 Å². The van der Waals surface area contributed by atoms with E-state index in [2.05, 4.69) is 25.8 Å². The van der Waals surface area contributed by atoms with Crippen LogP contribution in [0.15, 0.2) is 24.4 Å². The van der Waals surface area contributed by atoms with Crippen molar-refractivity contribution < 1.29 is 4.74 Å². The Bertz CT molecular complexity index is 287. The van der Waals surface area contributed by atoms with Gasteiger partial charge in [-0.15, -0.1) is 0 Å². The summed E-state index contributed by atoms with van der Waals surface area (Å²) in [6.45, 7) is 7.05. The van der Waals surface area contributed by atoms with Crippen molar-refractivity contribution in [2.75, 3.05) is 6.61 Å². The molecule has 0 spiro atoms. The summed E-state index contributed by atoms with van der Waals surface area (Å²) >= 11 is 0. The van der Waals surface area contributed by atoms with Gasteiger partial charge in [0.05, 0.1) is 5.69 Å². The smallest absolute Gasteiger partial charge is 0.114 e.